The van der Waals surface area contributed by atoms with E-state index in [0.29, 0.717) is 24.9 Å². The number of hydrogen-bond acceptors (Lipinski definition) is 6. The lowest BCUT2D eigenvalue weighted by Gasteiger charge is -2.40. The molecule has 138 valence electrons. The number of nitrogens with one attached hydrogen (secondary N) is 1. The minimum Gasteiger partial charge on any atom is -0.435 e. The van der Waals surface area contributed by atoms with Crippen molar-refractivity contribution in [3.05, 3.63) is 12.4 Å². The molecule has 2 fully saturated rings. The Morgan fingerprint density at radius 2 is 1.76 bits per heavy atom. The molecule has 2 aliphatic rings. The van der Waals surface area contributed by atoms with Gasteiger partial charge in [-0.25, -0.2) is 13.4 Å². The van der Waals surface area contributed by atoms with E-state index in [9.17, 15) is 18.3 Å². The molecule has 0 aromatic carbocycles. The van der Waals surface area contributed by atoms with Gasteiger partial charge in [-0.2, -0.15) is 14.3 Å². The molecule has 1 aromatic heterocycles. The molecule has 3 heterocycles. The van der Waals surface area contributed by atoms with Crippen LogP contribution in [0.25, 0.3) is 0 Å². The van der Waals surface area contributed by atoms with Crippen molar-refractivity contribution in [3.8, 4) is 0 Å². The van der Waals surface area contributed by atoms with Crippen LogP contribution in [0.15, 0.2) is 17.4 Å². The van der Waals surface area contributed by atoms with Crippen LogP contribution in [0.1, 0.15) is 25.7 Å². The predicted molar refractivity (Wildman–Crippen MR) is 93.0 cm³/mol. The van der Waals surface area contributed by atoms with Gasteiger partial charge in [0.1, 0.15) is 6.33 Å². The van der Waals surface area contributed by atoms with E-state index >= 15 is 0 Å². The van der Waals surface area contributed by atoms with Crippen molar-refractivity contribution in [2.75, 3.05) is 32.4 Å². The van der Waals surface area contributed by atoms with Crippen LogP contribution in [0.4, 0.5) is 10.6 Å². The zero-order chi connectivity index (χ0) is 18.1. The van der Waals surface area contributed by atoms with Crippen molar-refractivity contribution >= 4 is 21.7 Å². The third-order valence-corrected chi connectivity index (χ3v) is 6.61. The van der Waals surface area contributed by atoms with Crippen LogP contribution in [0, 0.1) is 11.8 Å². The van der Waals surface area contributed by atoms with Crippen LogP contribution >= 0.6 is 0 Å². The zero-order valence-electron chi connectivity index (χ0n) is 14.4. The van der Waals surface area contributed by atoms with Crippen molar-refractivity contribution < 1.29 is 18.3 Å². The molecule has 9 heteroatoms. The summed E-state index contributed by atoms with van der Waals surface area (Å²) in [7, 11) is -3.51. The van der Waals surface area contributed by atoms with Gasteiger partial charge in [0, 0.05) is 19.1 Å². The second-order valence-corrected chi connectivity index (χ2v) is 9.07. The molecule has 0 aliphatic carbocycles. The second kappa shape index (κ2) is 6.97. The van der Waals surface area contributed by atoms with Gasteiger partial charge in [0.05, 0.1) is 19.2 Å². The number of aromatic nitrogens is 2. The van der Waals surface area contributed by atoms with E-state index in [0.717, 1.165) is 51.4 Å². The third-order valence-electron chi connectivity index (χ3n) is 5.63. The molecular formula is C16H25N4O4S+. The van der Waals surface area contributed by atoms with Gasteiger partial charge in [-0.3, -0.25) is 0 Å². The summed E-state index contributed by atoms with van der Waals surface area (Å²) < 4.78 is 23.2. The van der Waals surface area contributed by atoms with Crippen molar-refractivity contribution in [3.63, 3.8) is 0 Å². The highest BCUT2D eigenvalue weighted by atomic mass is 32.2. The van der Waals surface area contributed by atoms with Gasteiger partial charge in [0.2, 0.25) is 5.82 Å². The number of amides is 1. The number of rotatable bonds is 3. The van der Waals surface area contributed by atoms with Gasteiger partial charge in [-0.05, 0) is 37.8 Å². The average molecular weight is 369 g/mol. The number of sulfone groups is 1. The smallest absolute Gasteiger partial charge is 0.435 e. The van der Waals surface area contributed by atoms with Crippen molar-refractivity contribution in [2.45, 2.75) is 30.7 Å². The van der Waals surface area contributed by atoms with Crippen molar-refractivity contribution in [2.24, 2.45) is 11.8 Å². The van der Waals surface area contributed by atoms with Crippen molar-refractivity contribution in [1.82, 2.24) is 19.8 Å². The Bertz CT molecular complexity index is 738. The molecule has 2 N–H and O–H groups in total. The summed E-state index contributed by atoms with van der Waals surface area (Å²) in [5.74, 6) is 1.44. The van der Waals surface area contributed by atoms with Gasteiger partial charge in [0.15, 0.2) is 14.9 Å². The van der Waals surface area contributed by atoms with Crippen LogP contribution in [0.3, 0.4) is 0 Å². The van der Waals surface area contributed by atoms with E-state index in [1.165, 1.54) is 6.07 Å². The first-order valence-corrected chi connectivity index (χ1v) is 10.6. The third kappa shape index (κ3) is 3.68. The molecule has 2 aliphatic heterocycles. The summed E-state index contributed by atoms with van der Waals surface area (Å²) in [6.07, 6.45) is 5.14. The van der Waals surface area contributed by atoms with Crippen molar-refractivity contribution in [1.29, 1.82) is 0 Å². The number of nitrogens with zero attached hydrogens (tertiary/aromatic N) is 3. The summed E-state index contributed by atoms with van der Waals surface area (Å²) in [4.78, 5) is 20.0. The molecule has 1 aromatic rings. The SMILES string of the molecule is CS(=O)(=O)c1cc([N+]2(C(=O)O)CCC(C3CCNCC3)CC2)ncn1. The normalized spacial score (nSPS) is 28.6. The van der Waals surface area contributed by atoms with Crippen LogP contribution in [-0.4, -0.2) is 62.0 Å². The Morgan fingerprint density at radius 3 is 2.32 bits per heavy atom. The van der Waals surface area contributed by atoms with E-state index in [-0.39, 0.29) is 15.3 Å². The van der Waals surface area contributed by atoms with Crippen LogP contribution in [-0.2, 0) is 9.84 Å². The largest absolute Gasteiger partial charge is 0.520 e. The lowest BCUT2D eigenvalue weighted by atomic mass is 9.78. The monoisotopic (exact) mass is 369 g/mol. The molecule has 0 saturated carbocycles. The molecule has 1 amide bonds. The van der Waals surface area contributed by atoms with E-state index in [1.807, 2.05) is 0 Å². The maximum absolute atomic E-state index is 12.1. The second-order valence-electron chi connectivity index (χ2n) is 7.11. The predicted octanol–water partition coefficient (Wildman–Crippen LogP) is 1.27. The minimum absolute atomic E-state index is 0.128. The zero-order valence-corrected chi connectivity index (χ0v) is 15.2. The van der Waals surface area contributed by atoms with Gasteiger partial charge in [0.25, 0.3) is 0 Å². The molecule has 8 nitrogen and oxygen atoms in total. The van der Waals surface area contributed by atoms with Gasteiger partial charge >= 0.3 is 6.09 Å². The summed E-state index contributed by atoms with van der Waals surface area (Å²) >= 11 is 0. The maximum atomic E-state index is 12.1. The van der Waals surface area contributed by atoms with Gasteiger partial charge < -0.3 is 10.4 Å². The first-order chi connectivity index (χ1) is 11.8. The van der Waals surface area contributed by atoms with E-state index in [4.69, 9.17) is 0 Å². The number of quaternary nitrogens is 1. The molecule has 3 rings (SSSR count). The highest BCUT2D eigenvalue weighted by Gasteiger charge is 2.46. The van der Waals surface area contributed by atoms with E-state index in [2.05, 4.69) is 15.3 Å². The van der Waals surface area contributed by atoms with Gasteiger partial charge in [-0.1, -0.05) is 0 Å². The van der Waals surface area contributed by atoms with E-state index < -0.39 is 15.9 Å². The van der Waals surface area contributed by atoms with Crippen LogP contribution in [0.5, 0.6) is 0 Å². The first-order valence-electron chi connectivity index (χ1n) is 8.67. The topological polar surface area (TPSA) is 109 Å². The quantitative estimate of drug-likeness (QED) is 0.610. The fourth-order valence-electron chi connectivity index (χ4n) is 4.10. The van der Waals surface area contributed by atoms with Gasteiger partial charge in [-0.15, -0.1) is 0 Å². The number of carboxylic acid groups (broad SMARTS) is 1. The molecule has 25 heavy (non-hydrogen) atoms. The fraction of sp³-hybridized carbons (Fsp3) is 0.688. The number of likely N-dealkylation sites (tertiary alicyclic amines) is 1. The number of hydrogen-bond donors (Lipinski definition) is 2. The fourth-order valence-corrected chi connectivity index (χ4v) is 4.66. The molecule has 2 saturated heterocycles. The lowest BCUT2D eigenvalue weighted by molar-refractivity contribution is 0.105. The van der Waals surface area contributed by atoms with Crippen LogP contribution in [0.2, 0.25) is 0 Å². The molecule has 0 bridgehead atoms. The summed E-state index contributed by atoms with van der Waals surface area (Å²) in [5.41, 5.74) is 0. The highest BCUT2D eigenvalue weighted by Crippen LogP contribution is 2.36. The molecule has 0 radical (unpaired) electrons. The molecule has 0 spiro atoms. The Balaban J connectivity index is 1.83. The Morgan fingerprint density at radius 1 is 1.16 bits per heavy atom. The summed E-state index contributed by atoms with van der Waals surface area (Å²) in [6, 6.07) is 1.31. The lowest BCUT2D eigenvalue weighted by Crippen LogP contribution is -2.59. The minimum atomic E-state index is -3.51. The average Bonchev–Trinajstić information content (AvgIpc) is 2.62. The first kappa shape index (κ1) is 18.2. The van der Waals surface area contributed by atoms with Crippen LogP contribution < -0.4 is 9.80 Å². The number of piperidine rings is 2. The maximum Gasteiger partial charge on any atom is 0.520 e. The molecular weight excluding hydrogens is 344 g/mol. The summed E-state index contributed by atoms with van der Waals surface area (Å²) in [6.45, 7) is 2.93. The number of carbonyl (C=O) groups is 1. The standard InChI is InChI=1S/C16H24N4O4S/c1-25(23,24)15-10-14(18-11-19-15)20(16(21)22)8-4-13(5-9-20)12-2-6-17-7-3-12/h10-13,17H,2-9H2,1H3/p+1. The Kier molecular flexibility index (Phi) is 5.08. The highest BCUT2D eigenvalue weighted by molar-refractivity contribution is 7.90. The summed E-state index contributed by atoms with van der Waals surface area (Å²) in [5, 5.41) is 13.1. The Labute approximate surface area is 147 Å². The Hall–Kier alpha value is -1.58. The molecule has 0 unspecified atom stereocenters. The molecule has 0 atom stereocenters. The van der Waals surface area contributed by atoms with E-state index in [1.54, 1.807) is 0 Å².